The molecular formula is C13H23N5O2. The molecule has 1 aliphatic rings. The quantitative estimate of drug-likeness (QED) is 0.742. The highest BCUT2D eigenvalue weighted by molar-refractivity contribution is 5.83. The molecule has 0 saturated carbocycles. The van der Waals surface area contributed by atoms with E-state index in [9.17, 15) is 4.79 Å². The molecule has 2 atom stereocenters. The predicted octanol–water partition coefficient (Wildman–Crippen LogP) is -0.743. The molecule has 112 valence electrons. The van der Waals surface area contributed by atoms with Gasteiger partial charge in [0.25, 0.3) is 0 Å². The number of aromatic nitrogens is 2. The monoisotopic (exact) mass is 281 g/mol. The summed E-state index contributed by atoms with van der Waals surface area (Å²) in [7, 11) is 1.80. The molecule has 20 heavy (non-hydrogen) atoms. The van der Waals surface area contributed by atoms with Gasteiger partial charge in [-0.25, -0.2) is 0 Å². The lowest BCUT2D eigenvalue weighted by molar-refractivity contribution is -0.123. The lowest BCUT2D eigenvalue weighted by Gasteiger charge is -2.29. The summed E-state index contributed by atoms with van der Waals surface area (Å²) in [6.07, 6.45) is 3.38. The number of carbonyl (C=O) groups excluding carboxylic acids is 1. The van der Waals surface area contributed by atoms with E-state index in [2.05, 4.69) is 15.3 Å². The van der Waals surface area contributed by atoms with E-state index in [4.69, 9.17) is 10.5 Å². The van der Waals surface area contributed by atoms with Crippen molar-refractivity contribution in [3.8, 4) is 0 Å². The van der Waals surface area contributed by atoms with E-state index >= 15 is 0 Å². The van der Waals surface area contributed by atoms with Crippen molar-refractivity contribution in [2.45, 2.75) is 19.0 Å². The zero-order valence-corrected chi connectivity index (χ0v) is 12.1. The number of ether oxygens (including phenoxy) is 1. The standard InChI is InChI=1S/C13H23N5O2/c1-10(8-18-3-5-20-6-4-18)16-13(19)12(14)11-7-15-17(2)9-11/h7,9-10,12H,3-6,8,14H2,1-2H3,(H,16,19). The van der Waals surface area contributed by atoms with Crippen molar-refractivity contribution < 1.29 is 9.53 Å². The summed E-state index contributed by atoms with van der Waals surface area (Å²) in [5, 5.41) is 6.98. The number of morpholine rings is 1. The molecule has 2 rings (SSSR count). The number of nitrogens with zero attached hydrogens (tertiary/aromatic N) is 3. The summed E-state index contributed by atoms with van der Waals surface area (Å²) in [5.74, 6) is -0.168. The van der Waals surface area contributed by atoms with Crippen molar-refractivity contribution in [1.29, 1.82) is 0 Å². The van der Waals surface area contributed by atoms with Gasteiger partial charge in [0.05, 0.1) is 19.4 Å². The van der Waals surface area contributed by atoms with E-state index in [0.29, 0.717) is 0 Å². The molecule has 1 amide bonds. The Hall–Kier alpha value is -1.44. The summed E-state index contributed by atoms with van der Waals surface area (Å²) in [6, 6.07) is -0.612. The normalized spacial score (nSPS) is 19.6. The van der Waals surface area contributed by atoms with Gasteiger partial charge >= 0.3 is 0 Å². The molecule has 2 unspecified atom stereocenters. The molecule has 7 nitrogen and oxygen atoms in total. The van der Waals surface area contributed by atoms with Crippen molar-refractivity contribution >= 4 is 5.91 Å². The Morgan fingerprint density at radius 1 is 1.55 bits per heavy atom. The highest BCUT2D eigenvalue weighted by Crippen LogP contribution is 2.09. The van der Waals surface area contributed by atoms with Crippen LogP contribution in [0.2, 0.25) is 0 Å². The van der Waals surface area contributed by atoms with Gasteiger partial charge in [-0.3, -0.25) is 14.4 Å². The van der Waals surface area contributed by atoms with Gasteiger partial charge in [-0.05, 0) is 6.92 Å². The lowest BCUT2D eigenvalue weighted by atomic mass is 10.1. The molecule has 1 aromatic heterocycles. The molecule has 1 fully saturated rings. The predicted molar refractivity (Wildman–Crippen MR) is 75.0 cm³/mol. The second kappa shape index (κ2) is 6.83. The SMILES string of the molecule is CC(CN1CCOCC1)NC(=O)C(N)c1cnn(C)c1. The fraction of sp³-hybridized carbons (Fsp3) is 0.692. The molecule has 0 aliphatic carbocycles. The molecule has 0 radical (unpaired) electrons. The van der Waals surface area contributed by atoms with Crippen LogP contribution in [0.15, 0.2) is 12.4 Å². The topological polar surface area (TPSA) is 85.4 Å². The lowest BCUT2D eigenvalue weighted by Crippen LogP contribution is -2.47. The molecule has 0 aromatic carbocycles. The minimum absolute atomic E-state index is 0.0586. The first-order chi connectivity index (χ1) is 9.56. The molecule has 1 saturated heterocycles. The highest BCUT2D eigenvalue weighted by Gasteiger charge is 2.20. The fourth-order valence-electron chi connectivity index (χ4n) is 2.30. The summed E-state index contributed by atoms with van der Waals surface area (Å²) in [6.45, 7) is 6.15. The van der Waals surface area contributed by atoms with E-state index in [1.165, 1.54) is 0 Å². The molecule has 0 spiro atoms. The second-order valence-electron chi connectivity index (χ2n) is 5.25. The first-order valence-electron chi connectivity index (χ1n) is 6.91. The number of nitrogens with one attached hydrogen (secondary N) is 1. The van der Waals surface area contributed by atoms with Crippen molar-refractivity contribution in [1.82, 2.24) is 20.0 Å². The largest absolute Gasteiger partial charge is 0.379 e. The van der Waals surface area contributed by atoms with Gasteiger partial charge in [0, 0.05) is 44.5 Å². The first-order valence-corrected chi connectivity index (χ1v) is 6.91. The van der Waals surface area contributed by atoms with Gasteiger partial charge in [0.2, 0.25) is 5.91 Å². The number of nitrogens with two attached hydrogens (primary N) is 1. The third-order valence-corrected chi connectivity index (χ3v) is 3.39. The number of amides is 1. The van der Waals surface area contributed by atoms with Gasteiger partial charge in [-0.1, -0.05) is 0 Å². The number of rotatable bonds is 5. The molecular weight excluding hydrogens is 258 g/mol. The third-order valence-electron chi connectivity index (χ3n) is 3.39. The van der Waals surface area contributed by atoms with Gasteiger partial charge in [-0.2, -0.15) is 5.10 Å². The minimum Gasteiger partial charge on any atom is -0.379 e. The van der Waals surface area contributed by atoms with Crippen LogP contribution in [0, 0.1) is 0 Å². The van der Waals surface area contributed by atoms with E-state index in [1.807, 2.05) is 6.92 Å². The number of aryl methyl sites for hydroxylation is 1. The zero-order valence-electron chi connectivity index (χ0n) is 12.1. The summed E-state index contributed by atoms with van der Waals surface area (Å²) >= 11 is 0. The number of carbonyl (C=O) groups is 1. The third kappa shape index (κ3) is 4.03. The molecule has 2 heterocycles. The van der Waals surface area contributed by atoms with E-state index < -0.39 is 6.04 Å². The van der Waals surface area contributed by atoms with Gasteiger partial charge in [-0.15, -0.1) is 0 Å². The fourth-order valence-corrected chi connectivity index (χ4v) is 2.30. The van der Waals surface area contributed by atoms with Crippen LogP contribution in [0.1, 0.15) is 18.5 Å². The maximum absolute atomic E-state index is 12.1. The van der Waals surface area contributed by atoms with Gasteiger partial charge in [0.1, 0.15) is 6.04 Å². The van der Waals surface area contributed by atoms with Crippen LogP contribution in [0.25, 0.3) is 0 Å². The molecule has 0 bridgehead atoms. The summed E-state index contributed by atoms with van der Waals surface area (Å²) in [4.78, 5) is 14.4. The smallest absolute Gasteiger partial charge is 0.241 e. The van der Waals surface area contributed by atoms with Crippen molar-refractivity contribution in [3.63, 3.8) is 0 Å². The average Bonchev–Trinajstić information content (AvgIpc) is 2.85. The Labute approximate surface area is 119 Å². The van der Waals surface area contributed by atoms with E-state index in [0.717, 1.165) is 38.4 Å². The molecule has 3 N–H and O–H groups in total. The Morgan fingerprint density at radius 3 is 2.85 bits per heavy atom. The van der Waals surface area contributed by atoms with Crippen molar-refractivity contribution in [3.05, 3.63) is 18.0 Å². The highest BCUT2D eigenvalue weighted by atomic mass is 16.5. The maximum atomic E-state index is 12.1. The van der Waals surface area contributed by atoms with Crippen LogP contribution >= 0.6 is 0 Å². The van der Waals surface area contributed by atoms with E-state index in [-0.39, 0.29) is 11.9 Å². The van der Waals surface area contributed by atoms with E-state index in [1.54, 1.807) is 24.1 Å². The van der Waals surface area contributed by atoms with Crippen LogP contribution in [0.5, 0.6) is 0 Å². The second-order valence-corrected chi connectivity index (χ2v) is 5.25. The van der Waals surface area contributed by atoms with Crippen LogP contribution in [0.3, 0.4) is 0 Å². The zero-order chi connectivity index (χ0) is 14.5. The molecule has 1 aromatic rings. The number of hydrogen-bond acceptors (Lipinski definition) is 5. The number of hydrogen-bond donors (Lipinski definition) is 2. The van der Waals surface area contributed by atoms with Crippen LogP contribution < -0.4 is 11.1 Å². The van der Waals surface area contributed by atoms with Crippen LogP contribution in [-0.4, -0.2) is 59.5 Å². The Kier molecular flexibility index (Phi) is 5.11. The summed E-state index contributed by atoms with van der Waals surface area (Å²) < 4.78 is 6.94. The Bertz CT molecular complexity index is 442. The van der Waals surface area contributed by atoms with Crippen LogP contribution in [-0.2, 0) is 16.6 Å². The van der Waals surface area contributed by atoms with Crippen molar-refractivity contribution in [2.75, 3.05) is 32.8 Å². The molecule has 1 aliphatic heterocycles. The summed E-state index contributed by atoms with van der Waals surface area (Å²) in [5.41, 5.74) is 6.66. The van der Waals surface area contributed by atoms with Gasteiger partial charge < -0.3 is 15.8 Å². The first kappa shape index (κ1) is 15.0. The Balaban J connectivity index is 1.80. The molecule has 7 heteroatoms. The minimum atomic E-state index is -0.671. The maximum Gasteiger partial charge on any atom is 0.241 e. The van der Waals surface area contributed by atoms with Crippen molar-refractivity contribution in [2.24, 2.45) is 12.8 Å². The average molecular weight is 281 g/mol. The van der Waals surface area contributed by atoms with Crippen LogP contribution in [0.4, 0.5) is 0 Å². The Morgan fingerprint density at radius 2 is 2.25 bits per heavy atom. The van der Waals surface area contributed by atoms with Gasteiger partial charge in [0.15, 0.2) is 0 Å².